The highest BCUT2D eigenvalue weighted by atomic mass is 16.5. The van der Waals surface area contributed by atoms with E-state index in [-0.39, 0.29) is 17.2 Å². The quantitative estimate of drug-likeness (QED) is 0.437. The number of rotatable bonds is 7. The number of benzene rings is 2. The zero-order chi connectivity index (χ0) is 23.4. The molecule has 0 fully saturated rings. The first-order valence-electron chi connectivity index (χ1n) is 10.4. The molecule has 2 heterocycles. The van der Waals surface area contributed by atoms with Crippen LogP contribution in [0.1, 0.15) is 27.2 Å². The summed E-state index contributed by atoms with van der Waals surface area (Å²) in [5.41, 5.74) is 3.10. The zero-order valence-corrected chi connectivity index (χ0v) is 18.6. The second-order valence-corrected chi connectivity index (χ2v) is 7.58. The fraction of sp³-hybridized carbons (Fsp3) is 0.160. The second-order valence-electron chi connectivity index (χ2n) is 7.58. The molecular weight excluding hydrogens is 420 g/mol. The van der Waals surface area contributed by atoms with Crippen molar-refractivity contribution in [3.8, 4) is 11.5 Å². The van der Waals surface area contributed by atoms with Crippen molar-refractivity contribution in [3.05, 3.63) is 99.9 Å². The van der Waals surface area contributed by atoms with Gasteiger partial charge in [0.05, 0.1) is 19.0 Å². The van der Waals surface area contributed by atoms with E-state index in [1.54, 1.807) is 49.7 Å². The molecule has 0 bridgehead atoms. The number of furan rings is 1. The van der Waals surface area contributed by atoms with Gasteiger partial charge in [0, 0.05) is 18.3 Å². The zero-order valence-electron chi connectivity index (χ0n) is 18.6. The van der Waals surface area contributed by atoms with Crippen LogP contribution >= 0.6 is 0 Å². The van der Waals surface area contributed by atoms with E-state index in [0.29, 0.717) is 35.1 Å². The predicted octanol–water partition coefficient (Wildman–Crippen LogP) is 4.46. The molecule has 0 unspecified atom stereocenters. The van der Waals surface area contributed by atoms with Gasteiger partial charge in [-0.25, -0.2) is 4.68 Å². The highest BCUT2D eigenvalue weighted by Crippen LogP contribution is 2.31. The number of nitrogens with zero attached hydrogens (tertiary/aromatic N) is 2. The summed E-state index contributed by atoms with van der Waals surface area (Å²) in [6, 6.07) is 16.1. The maximum absolute atomic E-state index is 12.8. The molecule has 0 aliphatic heterocycles. The van der Waals surface area contributed by atoms with Crippen molar-refractivity contribution in [1.82, 2.24) is 15.1 Å². The van der Waals surface area contributed by atoms with E-state index in [9.17, 15) is 9.59 Å². The summed E-state index contributed by atoms with van der Waals surface area (Å²) in [4.78, 5) is 25.2. The summed E-state index contributed by atoms with van der Waals surface area (Å²) in [6.45, 7) is 4.26. The van der Waals surface area contributed by atoms with Gasteiger partial charge in [-0.1, -0.05) is 12.1 Å². The first-order valence-corrected chi connectivity index (χ1v) is 10.4. The normalized spacial score (nSPS) is 10.6. The van der Waals surface area contributed by atoms with Crippen LogP contribution in [0, 0.1) is 13.8 Å². The van der Waals surface area contributed by atoms with E-state index in [0.717, 1.165) is 11.1 Å². The fourth-order valence-corrected chi connectivity index (χ4v) is 3.20. The summed E-state index contributed by atoms with van der Waals surface area (Å²) >= 11 is 0. The minimum atomic E-state index is -0.335. The number of aromatic nitrogens is 2. The molecule has 0 radical (unpaired) electrons. The van der Waals surface area contributed by atoms with Crippen molar-refractivity contribution in [2.75, 3.05) is 5.32 Å². The van der Waals surface area contributed by atoms with Crippen LogP contribution in [-0.2, 0) is 13.6 Å². The Labute approximate surface area is 190 Å². The molecule has 0 atom stereocenters. The number of anilines is 2. The molecule has 168 valence electrons. The topological polar surface area (TPSA) is 98.4 Å². The lowest BCUT2D eigenvalue weighted by Crippen LogP contribution is -2.23. The Bertz CT molecular complexity index is 1330. The van der Waals surface area contributed by atoms with Crippen LogP contribution in [0.15, 0.2) is 76.3 Å². The summed E-state index contributed by atoms with van der Waals surface area (Å²) in [5, 5.41) is 10.00. The summed E-state index contributed by atoms with van der Waals surface area (Å²) < 4.78 is 12.5. The Kier molecular flexibility index (Phi) is 6.26. The molecular formula is C25H24N4O4. The number of ether oxygens (including phenoxy) is 1. The maximum atomic E-state index is 12.8. The van der Waals surface area contributed by atoms with Gasteiger partial charge in [0.15, 0.2) is 11.4 Å². The molecule has 8 nitrogen and oxygen atoms in total. The Morgan fingerprint density at radius 1 is 1.06 bits per heavy atom. The maximum Gasteiger partial charge on any atom is 0.294 e. The average molecular weight is 444 g/mol. The van der Waals surface area contributed by atoms with Gasteiger partial charge in [-0.3, -0.25) is 9.59 Å². The third-order valence-corrected chi connectivity index (χ3v) is 5.30. The molecule has 4 aromatic rings. The molecule has 4 rings (SSSR count). The fourth-order valence-electron chi connectivity index (χ4n) is 3.20. The van der Waals surface area contributed by atoms with Crippen molar-refractivity contribution in [2.24, 2.45) is 7.05 Å². The first kappa shape index (κ1) is 21.9. The molecule has 2 N–H and O–H groups in total. The Morgan fingerprint density at radius 2 is 1.85 bits per heavy atom. The monoisotopic (exact) mass is 444 g/mol. The van der Waals surface area contributed by atoms with E-state index in [1.165, 1.54) is 10.9 Å². The van der Waals surface area contributed by atoms with Gasteiger partial charge < -0.3 is 19.8 Å². The summed E-state index contributed by atoms with van der Waals surface area (Å²) in [5.74, 6) is 1.41. The number of amides is 1. The van der Waals surface area contributed by atoms with Gasteiger partial charge in [0.1, 0.15) is 11.5 Å². The molecule has 33 heavy (non-hydrogen) atoms. The highest BCUT2D eigenvalue weighted by molar-refractivity contribution is 5.94. The number of carbonyl (C=O) groups is 1. The lowest BCUT2D eigenvalue weighted by Gasteiger charge is -2.15. The van der Waals surface area contributed by atoms with Crippen molar-refractivity contribution in [3.63, 3.8) is 0 Å². The smallest absolute Gasteiger partial charge is 0.294 e. The molecule has 0 saturated heterocycles. The van der Waals surface area contributed by atoms with Gasteiger partial charge in [-0.2, -0.15) is 5.10 Å². The predicted molar refractivity (Wildman–Crippen MR) is 125 cm³/mol. The number of aryl methyl sites for hydroxylation is 2. The molecule has 0 spiro atoms. The third kappa shape index (κ3) is 4.95. The Hall–Kier alpha value is -4.33. The Balaban J connectivity index is 1.53. The van der Waals surface area contributed by atoms with E-state index in [1.807, 2.05) is 32.0 Å². The third-order valence-electron chi connectivity index (χ3n) is 5.30. The van der Waals surface area contributed by atoms with Gasteiger partial charge in [0.2, 0.25) is 0 Å². The number of carbonyl (C=O) groups excluding carboxylic acids is 1. The molecule has 2 aromatic carbocycles. The second kappa shape index (κ2) is 9.44. The van der Waals surface area contributed by atoms with Crippen molar-refractivity contribution >= 4 is 17.3 Å². The van der Waals surface area contributed by atoms with Crippen molar-refractivity contribution < 1.29 is 13.9 Å². The molecule has 0 saturated carbocycles. The standard InChI is InChI=1S/C25H24N4O4/c1-16-6-4-8-21(17(16)2)33-22-15-27-29(3)25(31)23(22)28-19-11-9-18(10-12-19)24(30)26-14-20-7-5-13-32-20/h4-13,15,28H,14H2,1-3H3,(H,26,30). The minimum absolute atomic E-state index is 0.225. The summed E-state index contributed by atoms with van der Waals surface area (Å²) in [7, 11) is 1.57. The SMILES string of the molecule is Cc1cccc(Oc2cnn(C)c(=O)c2Nc2ccc(C(=O)NCc3ccco3)cc2)c1C. The van der Waals surface area contributed by atoms with Crippen LogP contribution in [0.25, 0.3) is 0 Å². The average Bonchev–Trinajstić information content (AvgIpc) is 3.34. The lowest BCUT2D eigenvalue weighted by molar-refractivity contribution is 0.0948. The largest absolute Gasteiger partial charge is 0.467 e. The highest BCUT2D eigenvalue weighted by Gasteiger charge is 2.15. The van der Waals surface area contributed by atoms with E-state index in [2.05, 4.69) is 15.7 Å². The van der Waals surface area contributed by atoms with Crippen LogP contribution in [0.5, 0.6) is 11.5 Å². The molecule has 1 amide bonds. The van der Waals surface area contributed by atoms with Crippen LogP contribution < -0.4 is 20.9 Å². The van der Waals surface area contributed by atoms with Gasteiger partial charge in [-0.15, -0.1) is 0 Å². The first-order chi connectivity index (χ1) is 15.9. The van der Waals surface area contributed by atoms with Crippen LogP contribution in [0.2, 0.25) is 0 Å². The Morgan fingerprint density at radius 3 is 2.58 bits per heavy atom. The molecule has 8 heteroatoms. The minimum Gasteiger partial charge on any atom is -0.467 e. The molecule has 2 aromatic heterocycles. The van der Waals surface area contributed by atoms with Crippen LogP contribution in [-0.4, -0.2) is 15.7 Å². The number of hydrogen-bond donors (Lipinski definition) is 2. The lowest BCUT2D eigenvalue weighted by atomic mass is 10.1. The van der Waals surface area contributed by atoms with Crippen LogP contribution in [0.3, 0.4) is 0 Å². The van der Waals surface area contributed by atoms with Crippen LogP contribution in [0.4, 0.5) is 11.4 Å². The number of hydrogen-bond acceptors (Lipinski definition) is 6. The molecule has 0 aliphatic rings. The number of nitrogens with one attached hydrogen (secondary N) is 2. The van der Waals surface area contributed by atoms with E-state index in [4.69, 9.17) is 9.15 Å². The van der Waals surface area contributed by atoms with Gasteiger partial charge in [0.25, 0.3) is 11.5 Å². The summed E-state index contributed by atoms with van der Waals surface area (Å²) in [6.07, 6.45) is 3.06. The van der Waals surface area contributed by atoms with E-state index >= 15 is 0 Å². The van der Waals surface area contributed by atoms with Crippen molar-refractivity contribution in [2.45, 2.75) is 20.4 Å². The van der Waals surface area contributed by atoms with E-state index < -0.39 is 0 Å². The molecule has 0 aliphatic carbocycles. The van der Waals surface area contributed by atoms with Crippen molar-refractivity contribution in [1.29, 1.82) is 0 Å². The van der Waals surface area contributed by atoms with Gasteiger partial charge in [-0.05, 0) is 67.4 Å². The van der Waals surface area contributed by atoms with Gasteiger partial charge >= 0.3 is 0 Å².